The van der Waals surface area contributed by atoms with E-state index in [1.54, 1.807) is 11.3 Å². The monoisotopic (exact) mass is 408 g/mol. The number of halogens is 2. The minimum Gasteiger partial charge on any atom is -0.310 e. The van der Waals surface area contributed by atoms with Crippen molar-refractivity contribution in [3.8, 4) is 0 Å². The van der Waals surface area contributed by atoms with Crippen LogP contribution in [0.15, 0.2) is 14.3 Å². The fourth-order valence-corrected chi connectivity index (χ4v) is 4.83. The van der Waals surface area contributed by atoms with Gasteiger partial charge in [-0.15, -0.1) is 11.3 Å². The Morgan fingerprint density at radius 3 is 2.53 bits per heavy atom. The Labute approximate surface area is 137 Å². The molecule has 108 valence electrons. The number of thiophene rings is 1. The lowest BCUT2D eigenvalue weighted by atomic mass is 10.0. The Balaban J connectivity index is 1.82. The van der Waals surface area contributed by atoms with Gasteiger partial charge >= 0.3 is 0 Å². The molecule has 1 aliphatic rings. The van der Waals surface area contributed by atoms with Crippen molar-refractivity contribution >= 4 is 43.2 Å². The number of nitrogens with one attached hydrogen (secondary N) is 1. The molecule has 0 saturated carbocycles. The van der Waals surface area contributed by atoms with Crippen molar-refractivity contribution in [1.29, 1.82) is 0 Å². The summed E-state index contributed by atoms with van der Waals surface area (Å²) in [6.45, 7) is 9.28. The van der Waals surface area contributed by atoms with Gasteiger partial charge in [-0.2, -0.15) is 0 Å². The molecule has 0 aliphatic carbocycles. The van der Waals surface area contributed by atoms with E-state index < -0.39 is 0 Å². The van der Waals surface area contributed by atoms with Crippen LogP contribution < -0.4 is 5.32 Å². The highest BCUT2D eigenvalue weighted by Gasteiger charge is 2.24. The summed E-state index contributed by atoms with van der Waals surface area (Å²) in [4.78, 5) is 4.03. The molecular formula is C14H22Br2N2S. The number of rotatable bonds is 6. The zero-order chi connectivity index (χ0) is 13.8. The van der Waals surface area contributed by atoms with Gasteiger partial charge in [-0.25, -0.2) is 0 Å². The number of likely N-dealkylation sites (tertiary alicyclic amines) is 1. The quantitative estimate of drug-likeness (QED) is 0.744. The molecule has 0 amide bonds. The first-order valence-corrected chi connectivity index (χ1v) is 9.36. The van der Waals surface area contributed by atoms with Gasteiger partial charge < -0.3 is 5.32 Å². The molecule has 19 heavy (non-hydrogen) atoms. The second-order valence-electron chi connectivity index (χ2n) is 5.52. The molecule has 2 rings (SSSR count). The van der Waals surface area contributed by atoms with Gasteiger partial charge in [-0.3, -0.25) is 4.90 Å². The molecular weight excluding hydrogens is 388 g/mol. The molecule has 1 aromatic rings. The summed E-state index contributed by atoms with van der Waals surface area (Å²) in [6, 6.07) is 2.87. The van der Waals surface area contributed by atoms with E-state index >= 15 is 0 Å². The molecule has 2 nitrogen and oxygen atoms in total. The molecule has 5 heteroatoms. The maximum absolute atomic E-state index is 3.63. The first-order chi connectivity index (χ1) is 9.08. The highest BCUT2D eigenvalue weighted by Crippen LogP contribution is 2.32. The minimum atomic E-state index is 0.675. The smallest absolute Gasteiger partial charge is 0.0843 e. The van der Waals surface area contributed by atoms with Gasteiger partial charge in [0.2, 0.25) is 0 Å². The molecule has 0 spiro atoms. The molecule has 2 heterocycles. The number of nitrogens with zero attached hydrogens (tertiary/aromatic N) is 1. The Morgan fingerprint density at radius 2 is 2.00 bits per heavy atom. The largest absolute Gasteiger partial charge is 0.310 e. The fourth-order valence-electron chi connectivity index (χ4n) is 2.68. The van der Waals surface area contributed by atoms with Crippen molar-refractivity contribution in [2.24, 2.45) is 5.92 Å². The minimum absolute atomic E-state index is 0.675. The van der Waals surface area contributed by atoms with Gasteiger partial charge in [0.15, 0.2) is 0 Å². The molecule has 1 atom stereocenters. The molecule has 0 radical (unpaired) electrons. The number of hydrogen-bond acceptors (Lipinski definition) is 3. The van der Waals surface area contributed by atoms with Gasteiger partial charge in [0, 0.05) is 28.5 Å². The standard InChI is InChI=1S/C14H22Br2N2S/c1-10(2)13(18-5-3-4-6-18)9-17-8-11-7-12(15)14(16)19-11/h7,10,13,17H,3-6,8-9H2,1-2H3. The van der Waals surface area contributed by atoms with E-state index in [-0.39, 0.29) is 0 Å². The summed E-state index contributed by atoms with van der Waals surface area (Å²) >= 11 is 8.89. The Hall–Kier alpha value is 0.580. The van der Waals surface area contributed by atoms with Crippen molar-refractivity contribution < 1.29 is 0 Å². The van der Waals surface area contributed by atoms with Crippen LogP contribution in [0.25, 0.3) is 0 Å². The molecule has 1 aromatic heterocycles. The summed E-state index contributed by atoms with van der Waals surface area (Å²) in [5.74, 6) is 0.715. The van der Waals surface area contributed by atoms with Gasteiger partial charge in [-0.05, 0) is 69.8 Å². The van der Waals surface area contributed by atoms with E-state index in [4.69, 9.17) is 0 Å². The summed E-state index contributed by atoms with van der Waals surface area (Å²) < 4.78 is 2.35. The molecule has 1 saturated heterocycles. The third-order valence-corrected chi connectivity index (χ3v) is 6.98. The summed E-state index contributed by atoms with van der Waals surface area (Å²) in [6.07, 6.45) is 2.74. The van der Waals surface area contributed by atoms with Crippen LogP contribution in [0.4, 0.5) is 0 Å². The van der Waals surface area contributed by atoms with Crippen molar-refractivity contribution in [3.05, 3.63) is 19.2 Å². The third-order valence-electron chi connectivity index (χ3n) is 3.73. The lowest BCUT2D eigenvalue weighted by molar-refractivity contribution is 0.186. The van der Waals surface area contributed by atoms with Crippen molar-refractivity contribution in [1.82, 2.24) is 10.2 Å². The SMILES string of the molecule is CC(C)C(CNCc1cc(Br)c(Br)s1)N1CCCC1. The second-order valence-corrected chi connectivity index (χ2v) is 8.83. The fraction of sp³-hybridized carbons (Fsp3) is 0.714. The number of hydrogen-bond donors (Lipinski definition) is 1. The predicted octanol–water partition coefficient (Wildman–Crippen LogP) is 4.48. The van der Waals surface area contributed by atoms with Crippen LogP contribution >= 0.6 is 43.2 Å². The van der Waals surface area contributed by atoms with E-state index in [2.05, 4.69) is 62.0 Å². The lowest BCUT2D eigenvalue weighted by Gasteiger charge is -2.31. The predicted molar refractivity (Wildman–Crippen MR) is 90.9 cm³/mol. The van der Waals surface area contributed by atoms with E-state index in [1.165, 1.54) is 34.6 Å². The van der Waals surface area contributed by atoms with Crippen LogP contribution in [0.5, 0.6) is 0 Å². The summed E-state index contributed by atoms with van der Waals surface area (Å²) in [7, 11) is 0. The van der Waals surface area contributed by atoms with E-state index in [1.807, 2.05) is 0 Å². The molecule has 1 unspecified atom stereocenters. The average Bonchev–Trinajstić information content (AvgIpc) is 2.96. The van der Waals surface area contributed by atoms with Crippen LogP contribution in [0.3, 0.4) is 0 Å². The van der Waals surface area contributed by atoms with E-state index in [0.717, 1.165) is 17.6 Å². The topological polar surface area (TPSA) is 15.3 Å². The Morgan fingerprint density at radius 1 is 1.32 bits per heavy atom. The van der Waals surface area contributed by atoms with E-state index in [0.29, 0.717) is 12.0 Å². The Bertz CT molecular complexity index is 381. The van der Waals surface area contributed by atoms with Crippen LogP contribution in [-0.2, 0) is 6.54 Å². The lowest BCUT2D eigenvalue weighted by Crippen LogP contribution is -2.43. The van der Waals surface area contributed by atoms with Crippen molar-refractivity contribution in [3.63, 3.8) is 0 Å². The normalized spacial score (nSPS) is 18.4. The van der Waals surface area contributed by atoms with Gasteiger partial charge in [-0.1, -0.05) is 13.8 Å². The van der Waals surface area contributed by atoms with Crippen molar-refractivity contribution in [2.45, 2.75) is 39.3 Å². The summed E-state index contributed by atoms with van der Waals surface area (Å²) in [5.41, 5.74) is 0. The van der Waals surface area contributed by atoms with Crippen LogP contribution in [0.2, 0.25) is 0 Å². The zero-order valence-electron chi connectivity index (χ0n) is 11.6. The van der Waals surface area contributed by atoms with Crippen molar-refractivity contribution in [2.75, 3.05) is 19.6 Å². The zero-order valence-corrected chi connectivity index (χ0v) is 15.6. The maximum Gasteiger partial charge on any atom is 0.0843 e. The molecule has 0 bridgehead atoms. The molecule has 0 aromatic carbocycles. The highest BCUT2D eigenvalue weighted by molar-refractivity contribution is 9.13. The second kappa shape index (κ2) is 7.55. The first kappa shape index (κ1) is 16.0. The average molecular weight is 410 g/mol. The Kier molecular flexibility index (Phi) is 6.34. The highest BCUT2D eigenvalue weighted by atomic mass is 79.9. The first-order valence-electron chi connectivity index (χ1n) is 6.96. The van der Waals surface area contributed by atoms with E-state index in [9.17, 15) is 0 Å². The van der Waals surface area contributed by atoms with Crippen LogP contribution in [0.1, 0.15) is 31.6 Å². The molecule has 1 aliphatic heterocycles. The molecule has 1 N–H and O–H groups in total. The summed E-state index contributed by atoms with van der Waals surface area (Å²) in [5, 5.41) is 3.63. The third kappa shape index (κ3) is 4.53. The van der Waals surface area contributed by atoms with Gasteiger partial charge in [0.1, 0.15) is 0 Å². The van der Waals surface area contributed by atoms with Gasteiger partial charge in [0.25, 0.3) is 0 Å². The maximum atomic E-state index is 3.63. The van der Waals surface area contributed by atoms with Gasteiger partial charge in [0.05, 0.1) is 3.79 Å². The molecule has 1 fully saturated rings. The van der Waals surface area contributed by atoms with Crippen LogP contribution in [-0.4, -0.2) is 30.6 Å². The van der Waals surface area contributed by atoms with Crippen LogP contribution in [0, 0.1) is 5.92 Å².